The zero-order chi connectivity index (χ0) is 23.9. The van der Waals surface area contributed by atoms with Gasteiger partial charge in [-0.2, -0.15) is 0 Å². The molecule has 3 rings (SSSR count). The van der Waals surface area contributed by atoms with Crippen LogP contribution in [0.3, 0.4) is 0 Å². The number of halogens is 2. The molecule has 0 N–H and O–H groups in total. The molecule has 0 atom stereocenters. The maximum absolute atomic E-state index is 7.17. The number of benzene rings is 2. The Hall–Kier alpha value is -0.0969. The monoisotopic (exact) mass is 548 g/mol. The molecule has 0 nitrogen and oxygen atoms in total. The molecule has 0 spiro atoms. The van der Waals surface area contributed by atoms with Crippen LogP contribution < -0.4 is 0 Å². The maximum Gasteiger partial charge on any atom is 0.169 e. The van der Waals surface area contributed by atoms with E-state index in [1.54, 1.807) is 0 Å². The predicted molar refractivity (Wildman–Crippen MR) is 139 cm³/mol. The SMILES string of the molecule is CC(C)(C)c1cc2c(cc1C(C)(C)C)C(Cl)(Cl)c1cc(C(C)(C)C)c(C(C)(C)C)cc1-2.[Zr]. The number of hydrogen-bond donors (Lipinski definition) is 0. The third-order valence-corrected chi connectivity index (χ3v) is 7.33. The Morgan fingerprint density at radius 2 is 0.688 bits per heavy atom. The van der Waals surface area contributed by atoms with Crippen molar-refractivity contribution >= 4 is 23.2 Å². The minimum absolute atomic E-state index is 0. The van der Waals surface area contributed by atoms with E-state index in [1.807, 2.05) is 0 Å². The third kappa shape index (κ3) is 4.83. The quantitative estimate of drug-likeness (QED) is 0.287. The average Bonchev–Trinajstić information content (AvgIpc) is 2.77. The first-order valence-corrected chi connectivity index (χ1v) is 12.2. The number of alkyl halides is 2. The zero-order valence-corrected chi connectivity index (χ0v) is 26.0. The second kappa shape index (κ2) is 8.24. The summed E-state index contributed by atoms with van der Waals surface area (Å²) in [7, 11) is 0. The molecule has 174 valence electrons. The van der Waals surface area contributed by atoms with E-state index in [2.05, 4.69) is 107 Å². The van der Waals surface area contributed by atoms with Crippen LogP contribution in [-0.2, 0) is 52.2 Å². The van der Waals surface area contributed by atoms with Gasteiger partial charge in [0.05, 0.1) is 0 Å². The van der Waals surface area contributed by atoms with E-state index in [9.17, 15) is 0 Å². The molecule has 2 aromatic carbocycles. The first-order valence-electron chi connectivity index (χ1n) is 11.4. The van der Waals surface area contributed by atoms with Crippen molar-refractivity contribution in [3.8, 4) is 11.1 Å². The Balaban J connectivity index is 0.00000363. The average molecular weight is 551 g/mol. The van der Waals surface area contributed by atoms with Crippen molar-refractivity contribution in [2.24, 2.45) is 0 Å². The van der Waals surface area contributed by atoms with Crippen molar-refractivity contribution < 1.29 is 26.2 Å². The Morgan fingerprint density at radius 1 is 0.469 bits per heavy atom. The fraction of sp³-hybridized carbons (Fsp3) is 0.586. The van der Waals surface area contributed by atoms with Gasteiger partial charge >= 0.3 is 0 Å². The molecular formula is C29H40Cl2Zr. The van der Waals surface area contributed by atoms with Crippen LogP contribution in [0, 0.1) is 0 Å². The molecule has 0 heterocycles. The van der Waals surface area contributed by atoms with Crippen LogP contribution in [-0.4, -0.2) is 0 Å². The number of fused-ring (bicyclic) bond motifs is 3. The summed E-state index contributed by atoms with van der Waals surface area (Å²) in [6.45, 7) is 27.4. The molecule has 0 aromatic heterocycles. The van der Waals surface area contributed by atoms with Gasteiger partial charge in [0, 0.05) is 37.3 Å². The summed E-state index contributed by atoms with van der Waals surface area (Å²) in [5.74, 6) is 0. The molecule has 0 saturated carbocycles. The molecular weight excluding hydrogens is 510 g/mol. The van der Waals surface area contributed by atoms with Crippen molar-refractivity contribution in [2.75, 3.05) is 0 Å². The van der Waals surface area contributed by atoms with Crippen molar-refractivity contribution in [1.29, 1.82) is 0 Å². The molecule has 3 heteroatoms. The van der Waals surface area contributed by atoms with Gasteiger partial charge in [-0.3, -0.25) is 0 Å². The Kier molecular flexibility index (Phi) is 7.25. The maximum atomic E-state index is 7.17. The topological polar surface area (TPSA) is 0 Å². The van der Waals surface area contributed by atoms with Crippen LogP contribution >= 0.6 is 23.2 Å². The summed E-state index contributed by atoms with van der Waals surface area (Å²) in [5, 5.41) is 0. The van der Waals surface area contributed by atoms with Crippen LogP contribution in [0.25, 0.3) is 11.1 Å². The van der Waals surface area contributed by atoms with Gasteiger partial charge in [0.25, 0.3) is 0 Å². The van der Waals surface area contributed by atoms with E-state index in [4.69, 9.17) is 23.2 Å². The molecule has 0 amide bonds. The van der Waals surface area contributed by atoms with E-state index in [1.165, 1.54) is 33.4 Å². The van der Waals surface area contributed by atoms with E-state index < -0.39 is 4.33 Å². The molecule has 0 radical (unpaired) electrons. The van der Waals surface area contributed by atoms with Crippen LogP contribution in [0.1, 0.15) is 116 Å². The number of hydrogen-bond acceptors (Lipinski definition) is 0. The summed E-state index contributed by atoms with van der Waals surface area (Å²) in [4.78, 5) is 0. The summed E-state index contributed by atoms with van der Waals surface area (Å²) in [6, 6.07) is 9.29. The first-order chi connectivity index (χ1) is 13.7. The molecule has 2 aromatic rings. The second-order valence-corrected chi connectivity index (χ2v) is 14.8. The first kappa shape index (κ1) is 28.1. The van der Waals surface area contributed by atoms with Gasteiger partial charge < -0.3 is 0 Å². The fourth-order valence-electron chi connectivity index (χ4n) is 4.79. The Morgan fingerprint density at radius 3 is 0.906 bits per heavy atom. The van der Waals surface area contributed by atoms with Gasteiger partial charge in [-0.25, -0.2) is 0 Å². The molecule has 0 unspecified atom stereocenters. The van der Waals surface area contributed by atoms with Crippen LogP contribution in [0.15, 0.2) is 24.3 Å². The van der Waals surface area contributed by atoms with E-state index in [-0.39, 0.29) is 47.9 Å². The second-order valence-electron chi connectivity index (χ2n) is 13.5. The normalized spacial score (nSPS) is 15.8. The third-order valence-electron chi connectivity index (χ3n) is 6.51. The van der Waals surface area contributed by atoms with E-state index >= 15 is 0 Å². The summed E-state index contributed by atoms with van der Waals surface area (Å²) in [5.41, 5.74) is 9.86. The Labute approximate surface area is 226 Å². The minimum Gasteiger partial charge on any atom is -0.0909 e. The van der Waals surface area contributed by atoms with Crippen molar-refractivity contribution in [2.45, 2.75) is 109 Å². The van der Waals surface area contributed by atoms with Crippen LogP contribution in [0.5, 0.6) is 0 Å². The molecule has 0 bridgehead atoms. The fourth-order valence-corrected chi connectivity index (χ4v) is 5.42. The van der Waals surface area contributed by atoms with E-state index in [0.29, 0.717) is 0 Å². The van der Waals surface area contributed by atoms with Gasteiger partial charge in [-0.1, -0.05) is 118 Å². The largest absolute Gasteiger partial charge is 0.169 e. The van der Waals surface area contributed by atoms with E-state index in [0.717, 1.165) is 11.1 Å². The van der Waals surface area contributed by atoms with Crippen LogP contribution in [0.4, 0.5) is 0 Å². The summed E-state index contributed by atoms with van der Waals surface area (Å²) < 4.78 is -1.04. The molecule has 0 saturated heterocycles. The van der Waals surface area contributed by atoms with Gasteiger partial charge in [0.1, 0.15) is 0 Å². The molecule has 32 heavy (non-hydrogen) atoms. The molecule has 1 aliphatic carbocycles. The van der Waals surface area contributed by atoms with Crippen molar-refractivity contribution in [1.82, 2.24) is 0 Å². The van der Waals surface area contributed by atoms with Crippen LogP contribution in [0.2, 0.25) is 0 Å². The van der Waals surface area contributed by atoms with Gasteiger partial charge in [-0.15, -0.1) is 0 Å². The summed E-state index contributed by atoms with van der Waals surface area (Å²) >= 11 is 14.3. The Bertz CT molecular complexity index is 950. The molecule has 0 aliphatic heterocycles. The van der Waals surface area contributed by atoms with Crippen molar-refractivity contribution in [3.63, 3.8) is 0 Å². The number of rotatable bonds is 0. The molecule has 0 fully saturated rings. The summed E-state index contributed by atoms with van der Waals surface area (Å²) in [6.07, 6.45) is 0. The smallest absolute Gasteiger partial charge is 0.0909 e. The van der Waals surface area contributed by atoms with Gasteiger partial charge in [0.15, 0.2) is 4.33 Å². The van der Waals surface area contributed by atoms with Gasteiger partial charge in [-0.05, 0) is 67.2 Å². The zero-order valence-electron chi connectivity index (χ0n) is 22.1. The van der Waals surface area contributed by atoms with Crippen molar-refractivity contribution in [3.05, 3.63) is 57.6 Å². The van der Waals surface area contributed by atoms with Gasteiger partial charge in [0.2, 0.25) is 0 Å². The standard InChI is InChI=1S/C29H40Cl2.Zr/c1-25(2,3)21-13-17-18-14-22(26(4,5)6)24(28(10,11)12)16-20(18)29(30,31)19(17)15-23(21)27(7,8)9;/h13-16H,1-12H3;. The molecule has 1 aliphatic rings. The predicted octanol–water partition coefficient (Wildman–Crippen LogP) is 9.53. The minimum atomic E-state index is -1.04.